The van der Waals surface area contributed by atoms with Gasteiger partial charge in [-0.2, -0.15) is 18.3 Å². The number of rotatable bonds is 7. The van der Waals surface area contributed by atoms with Gasteiger partial charge in [0, 0.05) is 30.8 Å². The van der Waals surface area contributed by atoms with Crippen LogP contribution in [-0.2, 0) is 24.7 Å². The number of benzene rings is 2. The number of carbonyl (C=O) groups is 1. The molecule has 0 saturated carbocycles. The molecule has 2 aromatic carbocycles. The smallest absolute Gasteiger partial charge is 0.387 e. The normalized spacial score (nSPS) is 12.1. The number of amides is 1. The van der Waals surface area contributed by atoms with Gasteiger partial charge in [0.2, 0.25) is 0 Å². The lowest BCUT2D eigenvalue weighted by Crippen LogP contribution is -2.34. The van der Waals surface area contributed by atoms with Crippen LogP contribution < -0.4 is 5.32 Å². The van der Waals surface area contributed by atoms with E-state index in [0.717, 1.165) is 15.8 Å². The van der Waals surface area contributed by atoms with E-state index < -0.39 is 16.9 Å². The lowest BCUT2D eigenvalue weighted by atomic mass is 9.87. The summed E-state index contributed by atoms with van der Waals surface area (Å²) in [6.07, 6.45) is -4.68. The fourth-order valence-electron chi connectivity index (χ4n) is 3.87. The Kier molecular flexibility index (Phi) is 8.30. The number of hydrogen-bond acceptors (Lipinski definition) is 3. The molecule has 1 aromatic heterocycles. The number of hydrogen-bond donors (Lipinski definition) is 1. The fourth-order valence-corrected chi connectivity index (χ4v) is 4.29. The summed E-state index contributed by atoms with van der Waals surface area (Å²) in [6, 6.07) is 12.7. The van der Waals surface area contributed by atoms with Crippen molar-refractivity contribution in [2.45, 2.75) is 52.4 Å². The van der Waals surface area contributed by atoms with Crippen LogP contribution in [0.15, 0.2) is 42.5 Å². The monoisotopic (exact) mass is 540 g/mol. The highest BCUT2D eigenvalue weighted by molar-refractivity contribution is 6.32. The molecule has 0 spiro atoms. The first-order chi connectivity index (χ1) is 16.7. The molecule has 0 radical (unpaired) electrons. The maximum absolute atomic E-state index is 13.6. The Labute approximate surface area is 219 Å². The standard InChI is InChI=1S/C26H29Cl2F3N4O/c1-16-22(28)23(26(29,30)31)35(33-16)13-12-34(15-17-6-8-18(9-7-17)25(2,3)4)24(36)20-14-19(27)10-11-21(20)32-5/h6-11,14,32H,12-13,15H2,1-5H3. The van der Waals surface area contributed by atoms with Crippen molar-refractivity contribution in [3.8, 4) is 0 Å². The van der Waals surface area contributed by atoms with E-state index in [-0.39, 0.29) is 36.7 Å². The summed E-state index contributed by atoms with van der Waals surface area (Å²) in [6.45, 7) is 7.69. The lowest BCUT2D eigenvalue weighted by Gasteiger charge is -2.25. The Bertz CT molecular complexity index is 1230. The van der Waals surface area contributed by atoms with Crippen LogP contribution in [-0.4, -0.2) is 34.2 Å². The van der Waals surface area contributed by atoms with Crippen LogP contribution in [0.5, 0.6) is 0 Å². The molecule has 1 N–H and O–H groups in total. The highest BCUT2D eigenvalue weighted by atomic mass is 35.5. The Hall–Kier alpha value is -2.71. The summed E-state index contributed by atoms with van der Waals surface area (Å²) in [7, 11) is 1.68. The minimum absolute atomic E-state index is 0.0317. The second-order valence-corrected chi connectivity index (χ2v) is 10.4. The van der Waals surface area contributed by atoms with Gasteiger partial charge in [-0.05, 0) is 41.7 Å². The van der Waals surface area contributed by atoms with Crippen molar-refractivity contribution >= 4 is 34.8 Å². The van der Waals surface area contributed by atoms with Crippen LogP contribution in [0.4, 0.5) is 18.9 Å². The third-order valence-electron chi connectivity index (χ3n) is 5.87. The predicted molar refractivity (Wildman–Crippen MR) is 138 cm³/mol. The van der Waals surface area contributed by atoms with E-state index >= 15 is 0 Å². The molecule has 10 heteroatoms. The summed E-state index contributed by atoms with van der Waals surface area (Å²) < 4.78 is 41.8. The van der Waals surface area contributed by atoms with Crippen molar-refractivity contribution in [1.29, 1.82) is 0 Å². The second kappa shape index (κ2) is 10.7. The van der Waals surface area contributed by atoms with Crippen molar-refractivity contribution in [1.82, 2.24) is 14.7 Å². The zero-order chi connectivity index (χ0) is 26.8. The number of halogens is 5. The Balaban J connectivity index is 1.96. The van der Waals surface area contributed by atoms with Gasteiger partial charge in [0.05, 0.1) is 22.8 Å². The number of nitrogens with zero attached hydrogens (tertiary/aromatic N) is 3. The van der Waals surface area contributed by atoms with E-state index in [4.69, 9.17) is 23.2 Å². The summed E-state index contributed by atoms with van der Waals surface area (Å²) in [5.41, 5.74) is 1.87. The third-order valence-corrected chi connectivity index (χ3v) is 6.55. The van der Waals surface area contributed by atoms with Gasteiger partial charge < -0.3 is 10.2 Å². The van der Waals surface area contributed by atoms with Crippen LogP contribution in [0.3, 0.4) is 0 Å². The molecule has 3 rings (SSSR count). The fraction of sp³-hybridized carbons (Fsp3) is 0.385. The first-order valence-electron chi connectivity index (χ1n) is 11.4. The summed E-state index contributed by atoms with van der Waals surface area (Å²) in [5.74, 6) is -0.370. The molecule has 36 heavy (non-hydrogen) atoms. The second-order valence-electron chi connectivity index (χ2n) is 9.58. The third kappa shape index (κ3) is 6.34. The minimum atomic E-state index is -4.68. The van der Waals surface area contributed by atoms with Crippen LogP contribution in [0, 0.1) is 6.92 Å². The summed E-state index contributed by atoms with van der Waals surface area (Å²) in [5, 5.41) is 6.87. The van der Waals surface area contributed by atoms with E-state index in [1.807, 2.05) is 24.3 Å². The number of anilines is 1. The maximum atomic E-state index is 13.6. The molecule has 0 atom stereocenters. The molecule has 1 amide bonds. The van der Waals surface area contributed by atoms with Crippen LogP contribution >= 0.6 is 23.2 Å². The minimum Gasteiger partial charge on any atom is -0.387 e. The van der Waals surface area contributed by atoms with Crippen molar-refractivity contribution < 1.29 is 18.0 Å². The van der Waals surface area contributed by atoms with Crippen molar-refractivity contribution in [2.75, 3.05) is 18.9 Å². The summed E-state index contributed by atoms with van der Waals surface area (Å²) >= 11 is 12.1. The van der Waals surface area contributed by atoms with Crippen LogP contribution in [0.25, 0.3) is 0 Å². The van der Waals surface area contributed by atoms with Gasteiger partial charge >= 0.3 is 6.18 Å². The van der Waals surface area contributed by atoms with Crippen molar-refractivity contribution in [3.05, 3.63) is 80.6 Å². The molecule has 0 fully saturated rings. The van der Waals surface area contributed by atoms with Crippen LogP contribution in [0.1, 0.15) is 53.6 Å². The molecule has 3 aromatic rings. The molecule has 0 aliphatic rings. The predicted octanol–water partition coefficient (Wildman–Crippen LogP) is 7.20. The molecule has 0 saturated heterocycles. The van der Waals surface area contributed by atoms with Gasteiger partial charge in [0.1, 0.15) is 0 Å². The first-order valence-corrected chi connectivity index (χ1v) is 12.1. The molecule has 5 nitrogen and oxygen atoms in total. The van der Waals surface area contributed by atoms with E-state index in [0.29, 0.717) is 16.3 Å². The molecule has 194 valence electrons. The quantitative estimate of drug-likeness (QED) is 0.344. The topological polar surface area (TPSA) is 50.2 Å². The molecule has 0 bridgehead atoms. The largest absolute Gasteiger partial charge is 0.434 e. The SMILES string of the molecule is CNc1ccc(Cl)cc1C(=O)N(CCn1nc(C)c(Cl)c1C(F)(F)F)Cc1ccc(C(C)(C)C)cc1. The van der Waals surface area contributed by atoms with E-state index in [1.54, 1.807) is 25.2 Å². The molecule has 0 unspecified atom stereocenters. The van der Waals surface area contributed by atoms with Gasteiger partial charge in [0.25, 0.3) is 5.91 Å². The Morgan fingerprint density at radius 2 is 1.72 bits per heavy atom. The lowest BCUT2D eigenvalue weighted by molar-refractivity contribution is -0.144. The highest BCUT2D eigenvalue weighted by Crippen LogP contribution is 2.36. The van der Waals surface area contributed by atoms with Gasteiger partial charge in [0.15, 0.2) is 5.69 Å². The van der Waals surface area contributed by atoms with Crippen molar-refractivity contribution in [2.24, 2.45) is 0 Å². The molecule has 0 aliphatic carbocycles. The molecule has 1 heterocycles. The number of aryl methyl sites for hydroxylation is 1. The van der Waals surface area contributed by atoms with Gasteiger partial charge in [-0.15, -0.1) is 0 Å². The zero-order valence-electron chi connectivity index (χ0n) is 20.8. The highest BCUT2D eigenvalue weighted by Gasteiger charge is 2.39. The first kappa shape index (κ1) is 27.9. The van der Waals surface area contributed by atoms with Crippen LogP contribution in [0.2, 0.25) is 10.0 Å². The molecular weight excluding hydrogens is 512 g/mol. The van der Waals surface area contributed by atoms with E-state index in [9.17, 15) is 18.0 Å². The average Bonchev–Trinajstić information content (AvgIpc) is 3.09. The number of alkyl halides is 3. The van der Waals surface area contributed by atoms with E-state index in [2.05, 4.69) is 31.2 Å². The number of carbonyl (C=O) groups excluding carboxylic acids is 1. The number of nitrogens with one attached hydrogen (secondary N) is 1. The van der Waals surface area contributed by atoms with Gasteiger partial charge in [-0.3, -0.25) is 9.48 Å². The molecular formula is C26H29Cl2F3N4O. The zero-order valence-corrected chi connectivity index (χ0v) is 22.3. The van der Waals surface area contributed by atoms with Gasteiger partial charge in [-0.25, -0.2) is 0 Å². The van der Waals surface area contributed by atoms with Crippen molar-refractivity contribution in [3.63, 3.8) is 0 Å². The number of aromatic nitrogens is 2. The van der Waals surface area contributed by atoms with E-state index in [1.165, 1.54) is 11.8 Å². The average molecular weight is 541 g/mol. The maximum Gasteiger partial charge on any atom is 0.434 e. The van der Waals surface area contributed by atoms with Gasteiger partial charge in [-0.1, -0.05) is 68.2 Å². The summed E-state index contributed by atoms with van der Waals surface area (Å²) in [4.78, 5) is 15.1. The Morgan fingerprint density at radius 1 is 1.08 bits per heavy atom. The Morgan fingerprint density at radius 3 is 2.28 bits per heavy atom. The molecule has 0 aliphatic heterocycles.